The summed E-state index contributed by atoms with van der Waals surface area (Å²) in [5, 5.41) is 11.0. The normalized spacial score (nSPS) is 13.3. The van der Waals surface area contributed by atoms with Crippen LogP contribution in [0.15, 0.2) is 0 Å². The maximum atomic E-state index is 10.8. The van der Waals surface area contributed by atoms with Crippen LogP contribution in [-0.4, -0.2) is 29.7 Å². The Morgan fingerprint density at radius 3 is 2.50 bits per heavy atom. The molecule has 0 spiro atoms. The van der Waals surface area contributed by atoms with Gasteiger partial charge in [0.25, 0.3) is 0 Å². The maximum absolute atomic E-state index is 10.8. The predicted octanol–water partition coefficient (Wildman–Crippen LogP) is -1.17. The Balaban J connectivity index is 3.62. The Morgan fingerprint density at radius 1 is 1.70 bits per heavy atom. The van der Waals surface area contributed by atoms with Gasteiger partial charge in [-0.15, -0.1) is 0 Å². The minimum atomic E-state index is -0.789. The fourth-order valence-electron chi connectivity index (χ4n) is 0.474. The van der Waals surface area contributed by atoms with Gasteiger partial charge in [0.2, 0.25) is 5.91 Å². The van der Waals surface area contributed by atoms with E-state index in [4.69, 9.17) is 10.8 Å². The van der Waals surface area contributed by atoms with E-state index in [1.165, 1.54) is 0 Å². The first-order chi connectivity index (χ1) is 4.57. The zero-order valence-corrected chi connectivity index (χ0v) is 6.29. The molecule has 4 N–H and O–H groups in total. The van der Waals surface area contributed by atoms with Crippen LogP contribution in [0.3, 0.4) is 0 Å². The summed E-state index contributed by atoms with van der Waals surface area (Å²) in [6.45, 7) is 3.36. The lowest BCUT2D eigenvalue weighted by atomic mass is 10.3. The first-order valence-corrected chi connectivity index (χ1v) is 3.24. The standard InChI is InChI=1S/C6H14N2O2/c1-4(2)8-6(10)5(7)3-9/h4-5,9H,3,7H2,1-2H3,(H,8,10)/t5-/m0/s1. The summed E-state index contributed by atoms with van der Waals surface area (Å²) in [6, 6.07) is -0.715. The van der Waals surface area contributed by atoms with Crippen molar-refractivity contribution in [1.29, 1.82) is 0 Å². The van der Waals surface area contributed by atoms with Crippen LogP contribution in [0.4, 0.5) is 0 Å². The molecule has 0 bridgehead atoms. The minimum Gasteiger partial charge on any atom is -0.394 e. The monoisotopic (exact) mass is 146 g/mol. The van der Waals surface area contributed by atoms with Gasteiger partial charge in [-0.3, -0.25) is 4.79 Å². The van der Waals surface area contributed by atoms with Gasteiger partial charge in [0.15, 0.2) is 0 Å². The third kappa shape index (κ3) is 3.42. The van der Waals surface area contributed by atoms with Crippen LogP contribution in [-0.2, 0) is 4.79 Å². The second kappa shape index (κ2) is 4.24. The number of nitrogens with two attached hydrogens (primary N) is 1. The summed E-state index contributed by atoms with van der Waals surface area (Å²) in [5.74, 6) is -0.308. The molecule has 0 aromatic carbocycles. The molecule has 0 aromatic heterocycles. The van der Waals surface area contributed by atoms with Crippen molar-refractivity contribution < 1.29 is 9.90 Å². The summed E-state index contributed by atoms with van der Waals surface area (Å²) in [7, 11) is 0. The van der Waals surface area contributed by atoms with E-state index in [2.05, 4.69) is 5.32 Å². The molecule has 0 unspecified atom stereocenters. The summed E-state index contributed by atoms with van der Waals surface area (Å²) >= 11 is 0. The molecule has 0 rings (SSSR count). The van der Waals surface area contributed by atoms with Crippen LogP contribution >= 0.6 is 0 Å². The molecule has 0 radical (unpaired) electrons. The average molecular weight is 146 g/mol. The number of rotatable bonds is 3. The summed E-state index contributed by atoms with van der Waals surface area (Å²) in [6.07, 6.45) is 0. The number of carbonyl (C=O) groups excluding carboxylic acids is 1. The SMILES string of the molecule is CC(C)NC(=O)[C@@H](N)CO. The number of carbonyl (C=O) groups is 1. The molecule has 1 amide bonds. The molecule has 0 heterocycles. The highest BCUT2D eigenvalue weighted by Gasteiger charge is 2.11. The second-order valence-electron chi connectivity index (χ2n) is 2.45. The number of nitrogens with one attached hydrogen (secondary N) is 1. The van der Waals surface area contributed by atoms with Crippen LogP contribution in [0.1, 0.15) is 13.8 Å². The molecule has 4 heteroatoms. The van der Waals surface area contributed by atoms with Crippen molar-refractivity contribution in [2.24, 2.45) is 5.73 Å². The van der Waals surface area contributed by atoms with Crippen molar-refractivity contribution in [2.45, 2.75) is 25.9 Å². The molecule has 1 atom stereocenters. The number of amides is 1. The molecule has 0 aromatic rings. The van der Waals surface area contributed by atoms with E-state index in [0.29, 0.717) is 0 Å². The molecule has 4 nitrogen and oxygen atoms in total. The Hall–Kier alpha value is -0.610. The molecule has 0 aliphatic heterocycles. The van der Waals surface area contributed by atoms with Crippen molar-refractivity contribution in [3.63, 3.8) is 0 Å². The Bertz CT molecular complexity index is 114. The van der Waals surface area contributed by atoms with Crippen LogP contribution in [0.2, 0.25) is 0 Å². The highest BCUT2D eigenvalue weighted by atomic mass is 16.3. The third-order valence-corrected chi connectivity index (χ3v) is 0.964. The summed E-state index contributed by atoms with van der Waals surface area (Å²) in [5.41, 5.74) is 5.20. The van der Waals surface area contributed by atoms with E-state index in [0.717, 1.165) is 0 Å². The number of aliphatic hydroxyl groups is 1. The fourth-order valence-corrected chi connectivity index (χ4v) is 0.474. The van der Waals surface area contributed by atoms with Gasteiger partial charge >= 0.3 is 0 Å². The molecule has 0 fully saturated rings. The molecule has 0 saturated carbocycles. The molecular weight excluding hydrogens is 132 g/mol. The third-order valence-electron chi connectivity index (χ3n) is 0.964. The Morgan fingerprint density at radius 2 is 2.20 bits per heavy atom. The molecule has 0 aliphatic carbocycles. The minimum absolute atomic E-state index is 0.0742. The summed E-state index contributed by atoms with van der Waals surface area (Å²) in [4.78, 5) is 10.8. The van der Waals surface area contributed by atoms with Gasteiger partial charge in [0.1, 0.15) is 6.04 Å². The lowest BCUT2D eigenvalue weighted by Gasteiger charge is -2.11. The van der Waals surface area contributed by atoms with Gasteiger partial charge in [0, 0.05) is 6.04 Å². The van der Waals surface area contributed by atoms with Crippen LogP contribution < -0.4 is 11.1 Å². The molecular formula is C6H14N2O2. The maximum Gasteiger partial charge on any atom is 0.239 e. The van der Waals surface area contributed by atoms with E-state index < -0.39 is 6.04 Å². The van der Waals surface area contributed by atoms with E-state index in [9.17, 15) is 4.79 Å². The van der Waals surface area contributed by atoms with Crippen molar-refractivity contribution in [3.05, 3.63) is 0 Å². The van der Waals surface area contributed by atoms with Crippen molar-refractivity contribution in [3.8, 4) is 0 Å². The van der Waals surface area contributed by atoms with Crippen molar-refractivity contribution in [1.82, 2.24) is 5.32 Å². The zero-order chi connectivity index (χ0) is 8.15. The quantitative estimate of drug-likeness (QED) is 0.469. The molecule has 0 saturated heterocycles. The average Bonchev–Trinajstić information content (AvgIpc) is 1.85. The largest absolute Gasteiger partial charge is 0.394 e. The number of hydrogen-bond acceptors (Lipinski definition) is 3. The van der Waals surface area contributed by atoms with Crippen LogP contribution in [0, 0.1) is 0 Å². The molecule has 10 heavy (non-hydrogen) atoms. The van der Waals surface area contributed by atoms with E-state index >= 15 is 0 Å². The second-order valence-corrected chi connectivity index (χ2v) is 2.45. The highest BCUT2D eigenvalue weighted by Crippen LogP contribution is 1.80. The first kappa shape index (κ1) is 9.39. The predicted molar refractivity (Wildman–Crippen MR) is 38.3 cm³/mol. The van der Waals surface area contributed by atoms with Crippen molar-refractivity contribution in [2.75, 3.05) is 6.61 Å². The van der Waals surface area contributed by atoms with Gasteiger partial charge in [-0.05, 0) is 13.8 Å². The lowest BCUT2D eigenvalue weighted by molar-refractivity contribution is -0.123. The van der Waals surface area contributed by atoms with Gasteiger partial charge in [-0.25, -0.2) is 0 Å². The molecule has 0 aliphatic rings. The number of hydrogen-bond donors (Lipinski definition) is 3. The van der Waals surface area contributed by atoms with Crippen molar-refractivity contribution >= 4 is 5.91 Å². The van der Waals surface area contributed by atoms with Crippen LogP contribution in [0.25, 0.3) is 0 Å². The lowest BCUT2D eigenvalue weighted by Crippen LogP contribution is -2.45. The van der Waals surface area contributed by atoms with E-state index in [1.54, 1.807) is 0 Å². The zero-order valence-electron chi connectivity index (χ0n) is 6.29. The Labute approximate surface area is 60.4 Å². The first-order valence-electron chi connectivity index (χ1n) is 3.24. The van der Waals surface area contributed by atoms with Gasteiger partial charge in [-0.2, -0.15) is 0 Å². The fraction of sp³-hybridized carbons (Fsp3) is 0.833. The van der Waals surface area contributed by atoms with Gasteiger partial charge in [0.05, 0.1) is 6.61 Å². The number of aliphatic hydroxyl groups excluding tert-OH is 1. The van der Waals surface area contributed by atoms with Gasteiger partial charge < -0.3 is 16.2 Å². The van der Waals surface area contributed by atoms with E-state index in [1.807, 2.05) is 13.8 Å². The molecule has 60 valence electrons. The van der Waals surface area contributed by atoms with Gasteiger partial charge in [-0.1, -0.05) is 0 Å². The highest BCUT2D eigenvalue weighted by molar-refractivity contribution is 5.81. The smallest absolute Gasteiger partial charge is 0.239 e. The Kier molecular flexibility index (Phi) is 3.99. The van der Waals surface area contributed by atoms with E-state index in [-0.39, 0.29) is 18.6 Å². The topological polar surface area (TPSA) is 75.4 Å². The summed E-state index contributed by atoms with van der Waals surface area (Å²) < 4.78 is 0. The van der Waals surface area contributed by atoms with Crippen LogP contribution in [0.5, 0.6) is 0 Å².